The molecule has 0 N–H and O–H groups in total. The summed E-state index contributed by atoms with van der Waals surface area (Å²) < 4.78 is 64.1. The molecule has 3 saturated carbocycles. The third-order valence-corrected chi connectivity index (χ3v) is 6.45. The first-order valence-corrected chi connectivity index (χ1v) is 7.75. The average Bonchev–Trinajstić information content (AvgIpc) is 2.24. The molecular formula is C13H14F3NO2S. The number of sulfonamides is 1. The Morgan fingerprint density at radius 2 is 1.85 bits per heavy atom. The van der Waals surface area contributed by atoms with Gasteiger partial charge in [0.1, 0.15) is 0 Å². The van der Waals surface area contributed by atoms with Gasteiger partial charge in [-0.05, 0) is 43.4 Å². The minimum Gasteiger partial charge on any atom is -0.207 e. The van der Waals surface area contributed by atoms with E-state index in [-0.39, 0.29) is 10.4 Å². The molecule has 1 aromatic carbocycles. The zero-order valence-electron chi connectivity index (χ0n) is 10.8. The van der Waals surface area contributed by atoms with Crippen molar-refractivity contribution in [2.45, 2.75) is 35.9 Å². The summed E-state index contributed by atoms with van der Waals surface area (Å²) in [6.07, 6.45) is -2.08. The lowest BCUT2D eigenvalue weighted by Crippen LogP contribution is -2.68. The summed E-state index contributed by atoms with van der Waals surface area (Å²) in [6.45, 7) is 0. The van der Waals surface area contributed by atoms with Crippen LogP contribution in [0.1, 0.15) is 24.8 Å². The Labute approximate surface area is 115 Å². The Kier molecular flexibility index (Phi) is 2.76. The molecule has 3 aliphatic carbocycles. The summed E-state index contributed by atoms with van der Waals surface area (Å²) >= 11 is 0. The predicted octanol–water partition coefficient (Wildman–Crippen LogP) is 2.88. The van der Waals surface area contributed by atoms with E-state index in [1.165, 1.54) is 17.4 Å². The van der Waals surface area contributed by atoms with Crippen molar-refractivity contribution < 1.29 is 21.6 Å². The van der Waals surface area contributed by atoms with E-state index >= 15 is 0 Å². The van der Waals surface area contributed by atoms with Crippen molar-refractivity contribution in [2.24, 2.45) is 5.92 Å². The van der Waals surface area contributed by atoms with Crippen LogP contribution < -0.4 is 0 Å². The molecule has 0 aromatic heterocycles. The monoisotopic (exact) mass is 305 g/mol. The standard InChI is InChI=1S/C13H14F3NO2S/c1-17(12-6-9(7-12)8-12)20(18,19)11-4-2-3-10(5-11)13(14,15)16/h2-5,9H,6-8H2,1H3. The summed E-state index contributed by atoms with van der Waals surface area (Å²) in [5.41, 5.74) is -1.29. The van der Waals surface area contributed by atoms with Crippen LogP contribution in [-0.4, -0.2) is 25.3 Å². The number of rotatable bonds is 3. The molecule has 0 amide bonds. The molecule has 0 unspecified atom stereocenters. The van der Waals surface area contributed by atoms with E-state index in [9.17, 15) is 21.6 Å². The highest BCUT2D eigenvalue weighted by Crippen LogP contribution is 2.61. The van der Waals surface area contributed by atoms with Crippen LogP contribution in [0.25, 0.3) is 0 Å². The predicted molar refractivity (Wildman–Crippen MR) is 66.5 cm³/mol. The van der Waals surface area contributed by atoms with E-state index in [1.54, 1.807) is 0 Å². The van der Waals surface area contributed by atoms with Gasteiger partial charge in [0.05, 0.1) is 10.5 Å². The number of hydrogen-bond donors (Lipinski definition) is 0. The lowest BCUT2D eigenvalue weighted by molar-refractivity contribution is -0.137. The van der Waals surface area contributed by atoms with Crippen LogP contribution >= 0.6 is 0 Å². The number of nitrogens with zero attached hydrogens (tertiary/aromatic N) is 1. The molecule has 110 valence electrons. The zero-order valence-corrected chi connectivity index (χ0v) is 11.6. The van der Waals surface area contributed by atoms with Crippen molar-refractivity contribution in [3.63, 3.8) is 0 Å². The topological polar surface area (TPSA) is 37.4 Å². The number of benzene rings is 1. The highest BCUT2D eigenvalue weighted by atomic mass is 32.2. The molecule has 0 spiro atoms. The van der Waals surface area contributed by atoms with Gasteiger partial charge in [-0.15, -0.1) is 0 Å². The molecule has 0 heterocycles. The summed E-state index contributed by atoms with van der Waals surface area (Å²) in [6, 6.07) is 3.93. The molecule has 0 atom stereocenters. The van der Waals surface area contributed by atoms with Crippen LogP contribution in [0.3, 0.4) is 0 Å². The van der Waals surface area contributed by atoms with Gasteiger partial charge in [-0.3, -0.25) is 0 Å². The van der Waals surface area contributed by atoms with Crippen LogP contribution in [0.5, 0.6) is 0 Å². The minimum atomic E-state index is -4.54. The summed E-state index contributed by atoms with van der Waals surface area (Å²) in [5.74, 6) is 0.592. The van der Waals surface area contributed by atoms with Crippen molar-refractivity contribution in [1.82, 2.24) is 4.31 Å². The molecule has 3 nitrogen and oxygen atoms in total. The summed E-state index contributed by atoms with van der Waals surface area (Å²) in [4.78, 5) is -0.292. The second-order valence-electron chi connectivity index (χ2n) is 5.70. The molecule has 0 saturated heterocycles. The molecule has 4 rings (SSSR count). The largest absolute Gasteiger partial charge is 0.416 e. The molecule has 0 radical (unpaired) electrons. The number of halogens is 3. The lowest BCUT2D eigenvalue weighted by atomic mass is 9.50. The van der Waals surface area contributed by atoms with Crippen LogP contribution in [0, 0.1) is 5.92 Å². The first-order chi connectivity index (χ1) is 9.15. The normalized spacial score (nSPS) is 28.9. The van der Waals surface area contributed by atoms with E-state index in [0.29, 0.717) is 12.0 Å². The maximum Gasteiger partial charge on any atom is 0.416 e. The molecule has 20 heavy (non-hydrogen) atoms. The van der Waals surface area contributed by atoms with Gasteiger partial charge in [-0.2, -0.15) is 17.5 Å². The van der Waals surface area contributed by atoms with E-state index in [0.717, 1.165) is 31.4 Å². The van der Waals surface area contributed by atoms with Gasteiger partial charge >= 0.3 is 6.18 Å². The molecule has 1 aromatic rings. The van der Waals surface area contributed by atoms with Gasteiger partial charge in [-0.1, -0.05) is 6.07 Å². The van der Waals surface area contributed by atoms with Gasteiger partial charge in [-0.25, -0.2) is 8.42 Å². The third kappa shape index (κ3) is 1.87. The van der Waals surface area contributed by atoms with Crippen LogP contribution in [-0.2, 0) is 16.2 Å². The van der Waals surface area contributed by atoms with Gasteiger partial charge in [0.15, 0.2) is 0 Å². The second kappa shape index (κ2) is 3.98. The molecule has 3 fully saturated rings. The first kappa shape index (κ1) is 13.9. The van der Waals surface area contributed by atoms with Crippen molar-refractivity contribution in [2.75, 3.05) is 7.05 Å². The Hall–Kier alpha value is -1.08. The fourth-order valence-electron chi connectivity index (χ4n) is 3.06. The van der Waals surface area contributed by atoms with Gasteiger partial charge < -0.3 is 0 Å². The zero-order chi connectivity index (χ0) is 14.8. The van der Waals surface area contributed by atoms with E-state index in [4.69, 9.17) is 0 Å². The van der Waals surface area contributed by atoms with Crippen molar-refractivity contribution >= 4 is 10.0 Å². The molecule has 3 aliphatic rings. The van der Waals surface area contributed by atoms with Gasteiger partial charge in [0.2, 0.25) is 10.0 Å². The Bertz CT molecular complexity index is 637. The summed E-state index contributed by atoms with van der Waals surface area (Å²) in [5, 5.41) is 0. The van der Waals surface area contributed by atoms with Crippen LogP contribution in [0.15, 0.2) is 29.2 Å². The summed E-state index contributed by atoms with van der Waals surface area (Å²) in [7, 11) is -2.41. The Morgan fingerprint density at radius 1 is 1.25 bits per heavy atom. The quantitative estimate of drug-likeness (QED) is 0.861. The molecule has 2 bridgehead atoms. The lowest BCUT2D eigenvalue weighted by Gasteiger charge is -2.64. The Morgan fingerprint density at radius 3 is 2.30 bits per heavy atom. The second-order valence-corrected chi connectivity index (χ2v) is 7.67. The molecular weight excluding hydrogens is 291 g/mol. The minimum absolute atomic E-state index is 0.292. The fraction of sp³-hybridized carbons (Fsp3) is 0.538. The smallest absolute Gasteiger partial charge is 0.207 e. The van der Waals surface area contributed by atoms with Gasteiger partial charge in [0, 0.05) is 12.6 Å². The van der Waals surface area contributed by atoms with Gasteiger partial charge in [0.25, 0.3) is 0 Å². The highest BCUT2D eigenvalue weighted by molar-refractivity contribution is 7.89. The molecule has 7 heteroatoms. The van der Waals surface area contributed by atoms with E-state index in [2.05, 4.69) is 0 Å². The number of alkyl halides is 3. The Balaban J connectivity index is 1.95. The fourth-order valence-corrected chi connectivity index (χ4v) is 4.64. The average molecular weight is 305 g/mol. The third-order valence-electron chi connectivity index (χ3n) is 4.49. The van der Waals surface area contributed by atoms with E-state index in [1.807, 2.05) is 0 Å². The van der Waals surface area contributed by atoms with Crippen LogP contribution in [0.2, 0.25) is 0 Å². The first-order valence-electron chi connectivity index (χ1n) is 6.31. The maximum absolute atomic E-state index is 12.7. The maximum atomic E-state index is 12.7. The van der Waals surface area contributed by atoms with Crippen molar-refractivity contribution in [3.8, 4) is 0 Å². The van der Waals surface area contributed by atoms with Crippen LogP contribution in [0.4, 0.5) is 13.2 Å². The highest BCUT2D eigenvalue weighted by Gasteiger charge is 2.61. The SMILES string of the molecule is CN(C12CC(C1)C2)S(=O)(=O)c1cccc(C(F)(F)F)c1. The van der Waals surface area contributed by atoms with Crippen molar-refractivity contribution in [3.05, 3.63) is 29.8 Å². The van der Waals surface area contributed by atoms with Crippen molar-refractivity contribution in [1.29, 1.82) is 0 Å². The molecule has 0 aliphatic heterocycles. The number of hydrogen-bond acceptors (Lipinski definition) is 2. The van der Waals surface area contributed by atoms with E-state index < -0.39 is 21.8 Å².